The van der Waals surface area contributed by atoms with Crippen LogP contribution in [0.15, 0.2) is 134 Å². The lowest BCUT2D eigenvalue weighted by atomic mass is 10.2. The van der Waals surface area contributed by atoms with Crippen LogP contribution in [0, 0.1) is 27.7 Å². The Balaban J connectivity index is 0.000000400. The van der Waals surface area contributed by atoms with Gasteiger partial charge in [0.15, 0.2) is 5.90 Å². The van der Waals surface area contributed by atoms with E-state index in [9.17, 15) is 53.2 Å². The number of aliphatic imine (C=N–C) groups is 1. The van der Waals surface area contributed by atoms with Gasteiger partial charge in [-0.2, -0.15) is 33.7 Å². The molecule has 540 valence electrons. The fourth-order valence-electron chi connectivity index (χ4n) is 7.28. The first kappa shape index (κ1) is 85.8. The molecule has 3 aliphatic heterocycles. The number of benzene rings is 4. The largest absolute Gasteiger partial charge is 0.495 e. The Hall–Kier alpha value is -6.26. The van der Waals surface area contributed by atoms with Crippen LogP contribution in [0.5, 0.6) is 0 Å². The molecule has 4 aromatic carbocycles. The van der Waals surface area contributed by atoms with E-state index in [0.29, 0.717) is 51.5 Å². The average molecular weight is 1430 g/mol. The lowest BCUT2D eigenvalue weighted by molar-refractivity contribution is -0.142. The number of rotatable bonds is 28. The molecule has 0 aliphatic carbocycles. The van der Waals surface area contributed by atoms with Crippen molar-refractivity contribution in [3.8, 4) is 0 Å². The molecule has 0 bridgehead atoms. The van der Waals surface area contributed by atoms with Crippen LogP contribution in [0.1, 0.15) is 108 Å². The van der Waals surface area contributed by atoms with Gasteiger partial charge >= 0.3 is 11.9 Å². The Bertz CT molecular complexity index is 3400. The number of esters is 2. The lowest BCUT2D eigenvalue weighted by Gasteiger charge is -2.16. The van der Waals surface area contributed by atoms with Gasteiger partial charge in [0.2, 0.25) is 5.91 Å². The number of aliphatic hydroxyl groups is 1. The molecule has 26 nitrogen and oxygen atoms in total. The first-order chi connectivity index (χ1) is 45.5. The Labute approximate surface area is 568 Å². The average Bonchev–Trinajstić information content (AvgIpc) is 1.03. The summed E-state index contributed by atoms with van der Waals surface area (Å²) < 4.78 is 154. The van der Waals surface area contributed by atoms with Crippen molar-refractivity contribution in [1.82, 2.24) is 5.32 Å². The number of epoxide rings is 1. The van der Waals surface area contributed by atoms with E-state index in [0.717, 1.165) is 66.6 Å². The summed E-state index contributed by atoms with van der Waals surface area (Å²) in [5.41, 5.74) is 3.92. The maximum absolute atomic E-state index is 12.0. The number of amides is 1. The molecule has 96 heavy (non-hydrogen) atoms. The van der Waals surface area contributed by atoms with Crippen molar-refractivity contribution in [2.24, 2.45) is 4.99 Å². The molecule has 7 rings (SSSR count). The fourth-order valence-corrected chi connectivity index (χ4v) is 11.0. The summed E-state index contributed by atoms with van der Waals surface area (Å²) in [6, 6.07) is 25.7. The molecule has 2 fully saturated rings. The molecule has 2 N–H and O–H groups in total. The van der Waals surface area contributed by atoms with Crippen molar-refractivity contribution in [1.29, 1.82) is 0 Å². The third-order valence-corrected chi connectivity index (χ3v) is 18.9. The highest BCUT2D eigenvalue weighted by Crippen LogP contribution is 2.20. The highest BCUT2D eigenvalue weighted by Gasteiger charge is 2.27. The zero-order valence-electron chi connectivity index (χ0n) is 57.0. The van der Waals surface area contributed by atoms with Gasteiger partial charge in [-0.3, -0.25) is 31.3 Å². The molecule has 0 radical (unpaired) electrons. The standard InChI is InChI=1S/C15H22O6S.C15H20O6S.C11H16O4S.C10H12O4S.C8H15NO2.C7H13NO2/c2*1-4-13(20-10-9-15(16)19-3)11-21-22(17,18)14-7-5-12(2)6-8-14;1-3-10(12)8-15-16(13,14)11-6-4-9(2)5-7-11;1-8-2-4-10(5-3-8)15(11,12)14-7-9-6-13-9;1-3-7-6-9-8(10-2)4-5-11-7;1-2-6-5-8-7(9)3-4-10-6/h5-8,13H,4,9-11H2,1-3H3;5-10,13H,4,11H2,1-3H3;4-7,10,12H,3,8H2,1-2H3;2-5,9H,6-7H2,1H3;7H,3-6H2,1-2H3;6H,2-5H2,1H3,(H,8,9)/b;10-9+;;;;/t2*13-;10-;9-;7-;6-/m111111/s1. The molecule has 0 aromatic heterocycles. The fraction of sp³-hybridized carbons (Fsp3) is 0.545. The van der Waals surface area contributed by atoms with Crippen LogP contribution in [0.3, 0.4) is 0 Å². The van der Waals surface area contributed by atoms with Gasteiger partial charge in [-0.05, 0) is 108 Å². The van der Waals surface area contributed by atoms with Crippen LogP contribution < -0.4 is 5.32 Å². The van der Waals surface area contributed by atoms with Crippen LogP contribution >= 0.6 is 0 Å². The molecule has 30 heteroatoms. The van der Waals surface area contributed by atoms with E-state index in [1.54, 1.807) is 74.7 Å². The van der Waals surface area contributed by atoms with Crippen LogP contribution in [0.25, 0.3) is 0 Å². The second kappa shape index (κ2) is 46.1. The normalized spacial score (nSPS) is 17.2. The SMILES string of the molecule is CC[C@@H](O)COS(=O)(=O)c1ccc(C)cc1.CC[C@@H]1CN=C(OC)CCO1.CC[C@@H]1CNC(=O)CCO1.CC[C@H](COS(=O)(=O)c1ccc(C)cc1)O/C=C/C(=O)OC.CC[C@H](COS(=O)(=O)c1ccc(C)cc1)OCCC(=O)OC.Cc1ccc(S(=O)(=O)OC[C@H]2CO2)cc1. The number of aryl methyl sites for hydroxylation is 4. The Morgan fingerprint density at radius 1 is 0.573 bits per heavy atom. The molecule has 0 spiro atoms. The number of aliphatic hydroxyl groups excluding tert-OH is 1. The van der Waals surface area contributed by atoms with E-state index in [-0.39, 0.29) is 83.1 Å². The summed E-state index contributed by atoms with van der Waals surface area (Å²) in [7, 11) is -10.8. The zero-order chi connectivity index (χ0) is 71.7. The molecule has 2 saturated heterocycles. The maximum Gasteiger partial charge on any atom is 0.333 e. The molecule has 6 atom stereocenters. The molecule has 0 unspecified atom stereocenters. The van der Waals surface area contributed by atoms with Gasteiger partial charge in [0, 0.05) is 19.4 Å². The molecular formula is C66H98N2O24S4. The number of nitrogens with one attached hydrogen (secondary N) is 1. The van der Waals surface area contributed by atoms with Gasteiger partial charge in [0.1, 0.15) is 18.8 Å². The van der Waals surface area contributed by atoms with Gasteiger partial charge in [0.05, 0.1) is 137 Å². The zero-order valence-corrected chi connectivity index (χ0v) is 60.3. The number of carbonyl (C=O) groups is 3. The van der Waals surface area contributed by atoms with E-state index in [1.807, 2.05) is 41.5 Å². The third kappa shape index (κ3) is 36.4. The summed E-state index contributed by atoms with van der Waals surface area (Å²) in [5, 5.41) is 12.0. The third-order valence-electron chi connectivity index (χ3n) is 13.7. The summed E-state index contributed by atoms with van der Waals surface area (Å²) >= 11 is 0. The molecule has 0 saturated carbocycles. The predicted molar refractivity (Wildman–Crippen MR) is 358 cm³/mol. The summed E-state index contributed by atoms with van der Waals surface area (Å²) in [6.07, 6.45) is 6.12. The number of hydrogen-bond acceptors (Lipinski definition) is 25. The smallest absolute Gasteiger partial charge is 0.333 e. The first-order valence-electron chi connectivity index (χ1n) is 31.3. The van der Waals surface area contributed by atoms with E-state index >= 15 is 0 Å². The Morgan fingerprint density at radius 2 is 1.00 bits per heavy atom. The van der Waals surface area contributed by atoms with Crippen LogP contribution in [0.4, 0.5) is 0 Å². The maximum atomic E-state index is 12.0. The Morgan fingerprint density at radius 3 is 1.41 bits per heavy atom. The Kier molecular flexibility index (Phi) is 41.2. The van der Waals surface area contributed by atoms with Gasteiger partial charge in [-0.15, -0.1) is 0 Å². The van der Waals surface area contributed by atoms with E-state index < -0.39 is 64.8 Å². The number of methoxy groups -OCH3 is 3. The van der Waals surface area contributed by atoms with Crippen LogP contribution in [0.2, 0.25) is 0 Å². The van der Waals surface area contributed by atoms with Crippen molar-refractivity contribution in [3.05, 3.63) is 132 Å². The number of hydrogen-bond donors (Lipinski definition) is 2. The van der Waals surface area contributed by atoms with Crippen molar-refractivity contribution in [2.45, 2.75) is 170 Å². The quantitative estimate of drug-likeness (QED) is 0.0177. The summed E-state index contributed by atoms with van der Waals surface area (Å²) in [5.74, 6) is 0.00277. The molecule has 4 aromatic rings. The van der Waals surface area contributed by atoms with E-state index in [4.69, 9.17) is 45.2 Å². The summed E-state index contributed by atoms with van der Waals surface area (Å²) in [4.78, 5) is 37.4. The molecule has 3 aliphatic rings. The van der Waals surface area contributed by atoms with E-state index in [1.165, 1.54) is 56.9 Å². The van der Waals surface area contributed by atoms with Crippen LogP contribution in [-0.4, -0.2) is 186 Å². The second-order valence-corrected chi connectivity index (χ2v) is 27.9. The van der Waals surface area contributed by atoms with Gasteiger partial charge in [-0.25, -0.2) is 4.79 Å². The lowest BCUT2D eigenvalue weighted by Crippen LogP contribution is -2.28. The number of carbonyl (C=O) groups excluding carboxylic acids is 3. The van der Waals surface area contributed by atoms with Gasteiger partial charge < -0.3 is 48.3 Å². The number of ether oxygens (including phenoxy) is 8. The predicted octanol–water partition coefficient (Wildman–Crippen LogP) is 8.34. The molecule has 1 amide bonds. The van der Waals surface area contributed by atoms with Gasteiger partial charge in [-0.1, -0.05) is 105 Å². The van der Waals surface area contributed by atoms with E-state index in [2.05, 4.69) is 33.6 Å². The highest BCUT2D eigenvalue weighted by atomic mass is 32.2. The number of nitrogens with zero attached hydrogens (tertiary/aromatic N) is 1. The second-order valence-electron chi connectivity index (χ2n) is 21.5. The summed E-state index contributed by atoms with van der Waals surface area (Å²) in [6.45, 7) is 20.3. The van der Waals surface area contributed by atoms with Crippen molar-refractivity contribution in [3.63, 3.8) is 0 Å². The molecular weight excluding hydrogens is 1330 g/mol. The first-order valence-corrected chi connectivity index (χ1v) is 36.9. The van der Waals surface area contributed by atoms with Crippen molar-refractivity contribution < 1.29 is 108 Å². The van der Waals surface area contributed by atoms with Crippen molar-refractivity contribution >= 4 is 64.2 Å². The topological polar surface area (TPSA) is 346 Å². The minimum atomic E-state index is -3.82. The minimum Gasteiger partial charge on any atom is -0.495 e. The minimum absolute atomic E-state index is 0.0507. The van der Waals surface area contributed by atoms with Gasteiger partial charge in [0.25, 0.3) is 40.5 Å². The highest BCUT2D eigenvalue weighted by molar-refractivity contribution is 7.87. The molecule has 3 heterocycles. The monoisotopic (exact) mass is 1430 g/mol. The van der Waals surface area contributed by atoms with Crippen LogP contribution in [-0.2, 0) is 109 Å². The van der Waals surface area contributed by atoms with Crippen molar-refractivity contribution in [2.75, 3.05) is 87.3 Å².